The first-order valence-corrected chi connectivity index (χ1v) is 7.77. The first-order valence-electron chi connectivity index (χ1n) is 5.13. The molecule has 0 amide bonds. The van der Waals surface area contributed by atoms with Crippen LogP contribution in [0, 0.1) is 0 Å². The van der Waals surface area contributed by atoms with Gasteiger partial charge in [0.2, 0.25) is 0 Å². The van der Waals surface area contributed by atoms with Crippen molar-refractivity contribution in [1.29, 1.82) is 0 Å². The van der Waals surface area contributed by atoms with Crippen molar-refractivity contribution in [3.8, 4) is 11.1 Å². The van der Waals surface area contributed by atoms with Crippen LogP contribution in [0.15, 0.2) is 47.4 Å². The average molecular weight is 301 g/mol. The molecule has 0 saturated carbocycles. The van der Waals surface area contributed by atoms with Crippen molar-refractivity contribution in [1.82, 2.24) is 0 Å². The molecule has 5 heteroatoms. The zero-order valence-corrected chi connectivity index (χ0v) is 11.9. The Morgan fingerprint density at radius 1 is 0.889 bits per heavy atom. The summed E-state index contributed by atoms with van der Waals surface area (Å²) in [6.45, 7) is 0. The monoisotopic (exact) mass is 300 g/mol. The third-order valence-corrected chi connectivity index (χ3v) is 4.00. The van der Waals surface area contributed by atoms with Crippen LogP contribution in [-0.2, 0) is 9.84 Å². The van der Waals surface area contributed by atoms with Gasteiger partial charge in [-0.15, -0.1) is 0 Å². The number of halogens is 2. The van der Waals surface area contributed by atoms with Gasteiger partial charge >= 0.3 is 0 Å². The zero-order valence-electron chi connectivity index (χ0n) is 9.52. The van der Waals surface area contributed by atoms with Crippen LogP contribution >= 0.6 is 23.2 Å². The van der Waals surface area contributed by atoms with Crippen molar-refractivity contribution in [3.05, 3.63) is 52.5 Å². The molecule has 2 aromatic rings. The summed E-state index contributed by atoms with van der Waals surface area (Å²) in [5.74, 6) is 0. The van der Waals surface area contributed by atoms with Gasteiger partial charge in [0.15, 0.2) is 9.84 Å². The Bertz CT molecular complexity index is 674. The Hall–Kier alpha value is -1.03. The predicted molar refractivity (Wildman–Crippen MR) is 75.0 cm³/mol. The fraction of sp³-hybridized carbons (Fsp3) is 0.0769. The van der Waals surface area contributed by atoms with Gasteiger partial charge in [-0.1, -0.05) is 35.3 Å². The molecule has 94 valence electrons. The molecule has 0 aliphatic carbocycles. The Balaban J connectivity index is 2.58. The lowest BCUT2D eigenvalue weighted by molar-refractivity contribution is 0.602. The molecule has 0 N–H and O–H groups in total. The summed E-state index contributed by atoms with van der Waals surface area (Å²) in [6, 6.07) is 11.8. The summed E-state index contributed by atoms with van der Waals surface area (Å²) in [5, 5.41) is 1.03. The topological polar surface area (TPSA) is 34.1 Å². The molecule has 0 bridgehead atoms. The molecule has 0 fully saturated rings. The average Bonchev–Trinajstić information content (AvgIpc) is 2.27. The van der Waals surface area contributed by atoms with Crippen LogP contribution in [0.2, 0.25) is 10.0 Å². The summed E-state index contributed by atoms with van der Waals surface area (Å²) in [4.78, 5) is 0.274. The Morgan fingerprint density at radius 3 is 2.06 bits per heavy atom. The third kappa shape index (κ3) is 3.05. The summed E-state index contributed by atoms with van der Waals surface area (Å²) in [5.41, 5.74) is 1.56. The molecule has 2 rings (SSSR count). The van der Waals surface area contributed by atoms with E-state index in [4.69, 9.17) is 23.2 Å². The second-order valence-electron chi connectivity index (χ2n) is 3.96. The van der Waals surface area contributed by atoms with Crippen LogP contribution in [0.1, 0.15) is 0 Å². The van der Waals surface area contributed by atoms with Gasteiger partial charge in [0.1, 0.15) is 0 Å². The van der Waals surface area contributed by atoms with Crippen LogP contribution in [0.3, 0.4) is 0 Å². The molecular formula is C13H10Cl2O2S. The molecule has 0 aliphatic rings. The summed E-state index contributed by atoms with van der Waals surface area (Å²) in [6.07, 6.45) is 1.18. The van der Waals surface area contributed by atoms with Crippen molar-refractivity contribution in [2.75, 3.05) is 6.26 Å². The van der Waals surface area contributed by atoms with Crippen molar-refractivity contribution in [2.24, 2.45) is 0 Å². The van der Waals surface area contributed by atoms with Gasteiger partial charge in [0, 0.05) is 16.3 Å². The first kappa shape index (κ1) is 13.4. The van der Waals surface area contributed by atoms with Gasteiger partial charge in [0.05, 0.1) is 4.90 Å². The highest BCUT2D eigenvalue weighted by molar-refractivity contribution is 7.90. The second kappa shape index (κ2) is 4.92. The molecular weight excluding hydrogens is 291 g/mol. The minimum atomic E-state index is -3.22. The quantitative estimate of drug-likeness (QED) is 0.838. The second-order valence-corrected chi connectivity index (χ2v) is 6.85. The van der Waals surface area contributed by atoms with Gasteiger partial charge in [-0.3, -0.25) is 0 Å². The standard InChI is InChI=1S/C13H10Cl2O2S/c1-18(16,17)13-4-2-3-9(7-13)10-5-11(14)8-12(15)6-10/h2-8H,1H3. The lowest BCUT2D eigenvalue weighted by Gasteiger charge is -2.05. The van der Waals surface area contributed by atoms with Gasteiger partial charge in [-0.25, -0.2) is 8.42 Å². The van der Waals surface area contributed by atoms with E-state index in [1.165, 1.54) is 6.26 Å². The lowest BCUT2D eigenvalue weighted by atomic mass is 10.1. The van der Waals surface area contributed by atoms with E-state index in [2.05, 4.69) is 0 Å². The fourth-order valence-corrected chi connectivity index (χ4v) is 2.82. The van der Waals surface area contributed by atoms with Gasteiger partial charge in [-0.05, 0) is 41.5 Å². The van der Waals surface area contributed by atoms with Crippen LogP contribution in [0.5, 0.6) is 0 Å². The van der Waals surface area contributed by atoms with Crippen molar-refractivity contribution in [2.45, 2.75) is 4.90 Å². The smallest absolute Gasteiger partial charge is 0.175 e. The maximum atomic E-state index is 11.5. The number of sulfone groups is 1. The molecule has 0 heterocycles. The van der Waals surface area contributed by atoms with Crippen molar-refractivity contribution < 1.29 is 8.42 Å². The molecule has 2 aromatic carbocycles. The van der Waals surface area contributed by atoms with E-state index in [9.17, 15) is 8.42 Å². The largest absolute Gasteiger partial charge is 0.224 e. The van der Waals surface area contributed by atoms with E-state index in [1.807, 2.05) is 6.07 Å². The van der Waals surface area contributed by atoms with E-state index in [0.717, 1.165) is 11.1 Å². The number of benzene rings is 2. The first-order chi connectivity index (χ1) is 8.36. The molecule has 0 atom stereocenters. The number of hydrogen-bond donors (Lipinski definition) is 0. The van der Waals surface area contributed by atoms with E-state index in [0.29, 0.717) is 10.0 Å². The number of hydrogen-bond acceptors (Lipinski definition) is 2. The third-order valence-electron chi connectivity index (χ3n) is 2.46. The van der Waals surface area contributed by atoms with Crippen LogP contribution in [0.4, 0.5) is 0 Å². The number of rotatable bonds is 2. The maximum Gasteiger partial charge on any atom is 0.175 e. The lowest BCUT2D eigenvalue weighted by Crippen LogP contribution is -1.96. The van der Waals surface area contributed by atoms with Crippen LogP contribution < -0.4 is 0 Å². The highest BCUT2D eigenvalue weighted by Crippen LogP contribution is 2.28. The summed E-state index contributed by atoms with van der Waals surface area (Å²) >= 11 is 11.9. The predicted octanol–water partition coefficient (Wildman–Crippen LogP) is 4.06. The van der Waals surface area contributed by atoms with E-state index in [1.54, 1.807) is 36.4 Å². The normalized spacial score (nSPS) is 11.5. The van der Waals surface area contributed by atoms with Crippen molar-refractivity contribution >= 4 is 33.0 Å². The summed E-state index contributed by atoms with van der Waals surface area (Å²) in [7, 11) is -3.22. The van der Waals surface area contributed by atoms with Gasteiger partial charge < -0.3 is 0 Å². The minimum Gasteiger partial charge on any atom is -0.224 e. The molecule has 0 saturated heterocycles. The molecule has 2 nitrogen and oxygen atoms in total. The van der Waals surface area contributed by atoms with E-state index < -0.39 is 9.84 Å². The van der Waals surface area contributed by atoms with E-state index in [-0.39, 0.29) is 4.90 Å². The fourth-order valence-electron chi connectivity index (χ4n) is 1.63. The molecule has 0 unspecified atom stereocenters. The highest BCUT2D eigenvalue weighted by atomic mass is 35.5. The maximum absolute atomic E-state index is 11.5. The Morgan fingerprint density at radius 2 is 1.50 bits per heavy atom. The van der Waals surface area contributed by atoms with Gasteiger partial charge in [0.25, 0.3) is 0 Å². The van der Waals surface area contributed by atoms with Gasteiger partial charge in [-0.2, -0.15) is 0 Å². The minimum absolute atomic E-state index is 0.274. The van der Waals surface area contributed by atoms with Crippen LogP contribution in [-0.4, -0.2) is 14.7 Å². The van der Waals surface area contributed by atoms with Crippen LogP contribution in [0.25, 0.3) is 11.1 Å². The molecule has 0 radical (unpaired) electrons. The Kier molecular flexibility index (Phi) is 3.66. The molecule has 18 heavy (non-hydrogen) atoms. The Labute approximate surface area is 116 Å². The van der Waals surface area contributed by atoms with Crippen molar-refractivity contribution in [3.63, 3.8) is 0 Å². The molecule has 0 aromatic heterocycles. The molecule has 0 spiro atoms. The van der Waals surface area contributed by atoms with E-state index >= 15 is 0 Å². The zero-order chi connectivity index (χ0) is 13.3. The SMILES string of the molecule is CS(=O)(=O)c1cccc(-c2cc(Cl)cc(Cl)c2)c1. The molecule has 0 aliphatic heterocycles. The highest BCUT2D eigenvalue weighted by Gasteiger charge is 2.09. The summed E-state index contributed by atoms with van der Waals surface area (Å²) < 4.78 is 23.0.